The molecule has 180 valence electrons. The number of nitro groups is 1. The molecule has 0 atom stereocenters. The summed E-state index contributed by atoms with van der Waals surface area (Å²) in [5.41, 5.74) is 1.30. The first-order valence-electron chi connectivity index (χ1n) is 10.7. The smallest absolute Gasteiger partial charge is 0.284 e. The average Bonchev–Trinajstić information content (AvgIpc) is 3.50. The number of amides is 1. The number of nitro benzene ring substituents is 1. The van der Waals surface area contributed by atoms with Gasteiger partial charge in [0.25, 0.3) is 11.6 Å². The van der Waals surface area contributed by atoms with Gasteiger partial charge in [0.15, 0.2) is 5.17 Å². The largest absolute Gasteiger partial charge is 0.494 e. The third-order valence-electron chi connectivity index (χ3n) is 5.41. The van der Waals surface area contributed by atoms with Gasteiger partial charge in [-0.25, -0.2) is 4.39 Å². The number of rotatable bonds is 6. The van der Waals surface area contributed by atoms with E-state index in [0.717, 1.165) is 0 Å². The third-order valence-corrected chi connectivity index (χ3v) is 6.24. The normalized spacial score (nSPS) is 16.2. The van der Waals surface area contributed by atoms with E-state index in [4.69, 9.17) is 14.6 Å². The zero-order valence-corrected chi connectivity index (χ0v) is 19.5. The van der Waals surface area contributed by atoms with Gasteiger partial charge < -0.3 is 9.15 Å². The standard InChI is InChI=1S/C25H17FN4O5S/c1-2-34-16-7-9-18(20(12-16)30(32)33)22-10-8-17(35-22)11-19-23(27)29-21(13-36-25(29)28-24(19)31)14-3-5-15(26)6-4-14/h3-13,27H,2H2,1H3/b19-11-,27-23?. The van der Waals surface area contributed by atoms with Crippen molar-refractivity contribution in [1.82, 2.24) is 4.90 Å². The lowest BCUT2D eigenvalue weighted by molar-refractivity contribution is -0.384. The van der Waals surface area contributed by atoms with Crippen LogP contribution in [0.1, 0.15) is 18.2 Å². The summed E-state index contributed by atoms with van der Waals surface area (Å²) in [6.07, 6.45) is 1.38. The second-order valence-corrected chi connectivity index (χ2v) is 8.48. The molecule has 0 unspecified atom stereocenters. The number of thioether (sulfide) groups is 1. The Balaban J connectivity index is 1.47. The van der Waals surface area contributed by atoms with Crippen LogP contribution in [-0.4, -0.2) is 33.3 Å². The van der Waals surface area contributed by atoms with E-state index in [1.807, 2.05) is 0 Å². The number of halogens is 1. The number of fused-ring (bicyclic) bond motifs is 1. The minimum absolute atomic E-state index is 0.0173. The number of benzene rings is 2. The highest BCUT2D eigenvalue weighted by Gasteiger charge is 2.36. The summed E-state index contributed by atoms with van der Waals surface area (Å²) < 4.78 is 24.5. The highest BCUT2D eigenvalue weighted by molar-refractivity contribution is 8.17. The van der Waals surface area contributed by atoms with Crippen molar-refractivity contribution in [2.75, 3.05) is 6.61 Å². The minimum Gasteiger partial charge on any atom is -0.494 e. The van der Waals surface area contributed by atoms with Crippen LogP contribution in [0.5, 0.6) is 5.75 Å². The Labute approximate surface area is 208 Å². The van der Waals surface area contributed by atoms with Crippen LogP contribution in [0.25, 0.3) is 23.1 Å². The summed E-state index contributed by atoms with van der Waals surface area (Å²) in [4.78, 5) is 29.4. The molecule has 1 aromatic heterocycles. The van der Waals surface area contributed by atoms with Crippen molar-refractivity contribution in [2.24, 2.45) is 4.99 Å². The lowest BCUT2D eigenvalue weighted by Gasteiger charge is -2.26. The maximum Gasteiger partial charge on any atom is 0.284 e. The van der Waals surface area contributed by atoms with E-state index in [2.05, 4.69) is 4.99 Å². The Morgan fingerprint density at radius 3 is 2.72 bits per heavy atom. The molecule has 3 aromatic rings. The van der Waals surface area contributed by atoms with E-state index in [9.17, 15) is 19.3 Å². The molecule has 5 rings (SSSR count). The van der Waals surface area contributed by atoms with Gasteiger partial charge in [-0.2, -0.15) is 4.99 Å². The Kier molecular flexibility index (Phi) is 5.98. The van der Waals surface area contributed by atoms with E-state index in [-0.39, 0.29) is 40.0 Å². The molecule has 0 bridgehead atoms. The number of hydrogen-bond donors (Lipinski definition) is 1. The quantitative estimate of drug-likeness (QED) is 0.260. The van der Waals surface area contributed by atoms with Crippen molar-refractivity contribution in [3.63, 3.8) is 0 Å². The van der Waals surface area contributed by atoms with Crippen molar-refractivity contribution >= 4 is 46.1 Å². The van der Waals surface area contributed by atoms with Crippen LogP contribution in [0.3, 0.4) is 0 Å². The van der Waals surface area contributed by atoms with Crippen LogP contribution in [0.2, 0.25) is 0 Å². The molecule has 2 aliphatic heterocycles. The molecule has 0 radical (unpaired) electrons. The van der Waals surface area contributed by atoms with Crippen molar-refractivity contribution < 1.29 is 23.3 Å². The van der Waals surface area contributed by atoms with Gasteiger partial charge in [-0.15, -0.1) is 0 Å². The fraction of sp³-hybridized carbons (Fsp3) is 0.0800. The van der Waals surface area contributed by atoms with Gasteiger partial charge in [-0.05, 0) is 67.1 Å². The fourth-order valence-corrected chi connectivity index (χ4v) is 4.66. The lowest BCUT2D eigenvalue weighted by Crippen LogP contribution is -2.38. The first kappa shape index (κ1) is 23.2. The molecule has 11 heteroatoms. The molecule has 3 heterocycles. The highest BCUT2D eigenvalue weighted by atomic mass is 32.2. The van der Waals surface area contributed by atoms with Gasteiger partial charge in [0.2, 0.25) is 0 Å². The number of amidine groups is 2. The third kappa shape index (κ3) is 4.20. The van der Waals surface area contributed by atoms with Gasteiger partial charge >= 0.3 is 0 Å². The molecule has 0 aliphatic carbocycles. The van der Waals surface area contributed by atoms with Gasteiger partial charge in [-0.1, -0.05) is 11.8 Å². The molecule has 0 saturated carbocycles. The maximum absolute atomic E-state index is 13.4. The van der Waals surface area contributed by atoms with Crippen molar-refractivity contribution in [3.8, 4) is 17.1 Å². The van der Waals surface area contributed by atoms with Crippen LogP contribution >= 0.6 is 11.8 Å². The predicted octanol–water partition coefficient (Wildman–Crippen LogP) is 5.70. The molecule has 0 spiro atoms. The molecular weight excluding hydrogens is 487 g/mol. The van der Waals surface area contributed by atoms with E-state index < -0.39 is 10.8 Å². The molecule has 1 N–H and O–H groups in total. The van der Waals surface area contributed by atoms with E-state index in [1.165, 1.54) is 47.0 Å². The average molecular weight is 504 g/mol. The van der Waals surface area contributed by atoms with Crippen molar-refractivity contribution in [2.45, 2.75) is 6.92 Å². The molecule has 1 amide bonds. The summed E-state index contributed by atoms with van der Waals surface area (Å²) in [6, 6.07) is 13.4. The first-order chi connectivity index (χ1) is 17.4. The first-order valence-corrected chi connectivity index (χ1v) is 11.6. The Morgan fingerprint density at radius 1 is 1.22 bits per heavy atom. The van der Waals surface area contributed by atoms with Crippen LogP contribution in [-0.2, 0) is 4.79 Å². The van der Waals surface area contributed by atoms with Crippen LogP contribution in [0, 0.1) is 21.3 Å². The minimum atomic E-state index is -0.613. The lowest BCUT2D eigenvalue weighted by atomic mass is 10.1. The molecule has 2 aliphatic rings. The topological polar surface area (TPSA) is 122 Å². The summed E-state index contributed by atoms with van der Waals surface area (Å²) >= 11 is 1.19. The van der Waals surface area contributed by atoms with Crippen LogP contribution < -0.4 is 4.74 Å². The zero-order valence-electron chi connectivity index (χ0n) is 18.7. The Hall–Kier alpha value is -4.51. The zero-order chi connectivity index (χ0) is 25.4. The second-order valence-electron chi connectivity index (χ2n) is 7.64. The summed E-state index contributed by atoms with van der Waals surface area (Å²) in [5.74, 6) is -0.304. The predicted molar refractivity (Wildman–Crippen MR) is 134 cm³/mol. The van der Waals surface area contributed by atoms with Gasteiger partial charge in [0.05, 0.1) is 34.4 Å². The molecule has 0 saturated heterocycles. The Morgan fingerprint density at radius 2 is 2.00 bits per heavy atom. The molecule has 2 aromatic carbocycles. The molecule has 36 heavy (non-hydrogen) atoms. The number of nitrogens with one attached hydrogen (secondary N) is 1. The number of carbonyl (C=O) groups is 1. The van der Waals surface area contributed by atoms with Crippen molar-refractivity contribution in [1.29, 1.82) is 5.41 Å². The number of carbonyl (C=O) groups excluding carboxylic acids is 1. The van der Waals surface area contributed by atoms with Crippen molar-refractivity contribution in [3.05, 3.63) is 92.8 Å². The number of nitrogens with zero attached hydrogens (tertiary/aromatic N) is 3. The second kappa shape index (κ2) is 9.27. The number of furan rings is 1. The number of ether oxygens (including phenoxy) is 1. The van der Waals surface area contributed by atoms with Crippen LogP contribution in [0.4, 0.5) is 10.1 Å². The summed E-state index contributed by atoms with van der Waals surface area (Å²) in [6.45, 7) is 2.15. The summed E-state index contributed by atoms with van der Waals surface area (Å²) in [5, 5.41) is 22.4. The number of aliphatic imine (C=N–C) groups is 1. The SMILES string of the molecule is CCOc1ccc(-c2ccc(/C=C3/C(=N)N4C(c5ccc(F)cc5)=CSC4=NC3=O)o2)c([N+](=O)[O-])c1. The van der Waals surface area contributed by atoms with Gasteiger partial charge in [0, 0.05) is 5.41 Å². The molecule has 9 nitrogen and oxygen atoms in total. The van der Waals surface area contributed by atoms with Gasteiger partial charge in [0.1, 0.15) is 28.9 Å². The maximum atomic E-state index is 13.4. The van der Waals surface area contributed by atoms with E-state index in [1.54, 1.807) is 42.7 Å². The summed E-state index contributed by atoms with van der Waals surface area (Å²) in [7, 11) is 0. The molecular formula is C25H17FN4O5S. The Bertz CT molecular complexity index is 1510. The van der Waals surface area contributed by atoms with E-state index >= 15 is 0 Å². The number of hydrogen-bond acceptors (Lipinski definition) is 7. The van der Waals surface area contributed by atoms with Gasteiger partial charge in [-0.3, -0.25) is 25.2 Å². The molecule has 0 fully saturated rings. The fourth-order valence-electron chi connectivity index (χ4n) is 3.77. The van der Waals surface area contributed by atoms with Crippen LogP contribution in [0.15, 0.2) is 75.0 Å². The van der Waals surface area contributed by atoms with E-state index in [0.29, 0.717) is 28.8 Å². The highest BCUT2D eigenvalue weighted by Crippen LogP contribution is 2.38. The monoisotopic (exact) mass is 504 g/mol.